The molecule has 0 aliphatic carbocycles. The highest BCUT2D eigenvalue weighted by molar-refractivity contribution is 8.00. The van der Waals surface area contributed by atoms with E-state index in [2.05, 4.69) is 20.5 Å². The van der Waals surface area contributed by atoms with Crippen molar-refractivity contribution in [1.82, 2.24) is 15.2 Å². The summed E-state index contributed by atoms with van der Waals surface area (Å²) in [6.45, 7) is 2.79. The Labute approximate surface area is 159 Å². The minimum absolute atomic E-state index is 0.180. The van der Waals surface area contributed by atoms with Gasteiger partial charge < -0.3 is 19.2 Å². The van der Waals surface area contributed by atoms with Crippen LogP contribution in [0.4, 0.5) is 5.69 Å². The molecular weight excluding hydrogens is 368 g/mol. The molecule has 1 atom stereocenters. The molecule has 3 aromatic rings. The van der Waals surface area contributed by atoms with Crippen molar-refractivity contribution in [2.24, 2.45) is 0 Å². The van der Waals surface area contributed by atoms with Crippen LogP contribution in [-0.4, -0.2) is 39.6 Å². The SMILES string of the molecule is C[C@@H](Sc1nnc(-c2ccncc2)o1)C(=O)Nc1ccc2c(c1)OCCO2. The number of amides is 1. The Kier molecular flexibility index (Phi) is 4.93. The lowest BCUT2D eigenvalue weighted by molar-refractivity contribution is -0.115. The van der Waals surface area contributed by atoms with E-state index in [9.17, 15) is 4.79 Å². The summed E-state index contributed by atoms with van der Waals surface area (Å²) in [5.41, 5.74) is 1.41. The predicted octanol–water partition coefficient (Wildman–Crippen LogP) is 3.02. The molecule has 3 heterocycles. The number of carbonyl (C=O) groups excluding carboxylic acids is 1. The standard InChI is InChI=1S/C18H16N4O4S/c1-11(27-18-22-21-17(26-18)12-4-6-19-7-5-12)16(23)20-13-2-3-14-15(10-13)25-9-8-24-14/h2-7,10-11H,8-9H2,1H3,(H,20,23)/t11-/m1/s1. The average molecular weight is 384 g/mol. The molecular formula is C18H16N4O4S. The van der Waals surface area contributed by atoms with E-state index >= 15 is 0 Å². The number of pyridine rings is 1. The van der Waals surface area contributed by atoms with Crippen LogP contribution in [0.25, 0.3) is 11.5 Å². The van der Waals surface area contributed by atoms with Gasteiger partial charge in [0.1, 0.15) is 13.2 Å². The van der Waals surface area contributed by atoms with E-state index in [1.54, 1.807) is 49.6 Å². The molecule has 1 N–H and O–H groups in total. The molecule has 0 radical (unpaired) electrons. The van der Waals surface area contributed by atoms with Gasteiger partial charge in [0.25, 0.3) is 5.22 Å². The quantitative estimate of drug-likeness (QED) is 0.670. The van der Waals surface area contributed by atoms with Crippen molar-refractivity contribution in [2.45, 2.75) is 17.4 Å². The molecule has 2 aromatic heterocycles. The topological polar surface area (TPSA) is 99.4 Å². The minimum Gasteiger partial charge on any atom is -0.486 e. The largest absolute Gasteiger partial charge is 0.486 e. The molecule has 1 aliphatic heterocycles. The Morgan fingerprint density at radius 3 is 2.70 bits per heavy atom. The van der Waals surface area contributed by atoms with Gasteiger partial charge in [-0.05, 0) is 31.2 Å². The lowest BCUT2D eigenvalue weighted by atomic mass is 10.2. The fourth-order valence-electron chi connectivity index (χ4n) is 2.44. The highest BCUT2D eigenvalue weighted by Crippen LogP contribution is 2.33. The van der Waals surface area contributed by atoms with E-state index < -0.39 is 5.25 Å². The highest BCUT2D eigenvalue weighted by atomic mass is 32.2. The zero-order valence-corrected chi connectivity index (χ0v) is 15.2. The second kappa shape index (κ2) is 7.67. The van der Waals surface area contributed by atoms with Crippen molar-refractivity contribution in [2.75, 3.05) is 18.5 Å². The van der Waals surface area contributed by atoms with Gasteiger partial charge in [-0.1, -0.05) is 11.8 Å². The second-order valence-corrected chi connectivity index (χ2v) is 7.01. The van der Waals surface area contributed by atoms with Crippen molar-refractivity contribution < 1.29 is 18.7 Å². The summed E-state index contributed by atoms with van der Waals surface area (Å²) in [4.78, 5) is 16.4. The van der Waals surface area contributed by atoms with E-state index in [0.717, 1.165) is 5.56 Å². The number of carbonyl (C=O) groups is 1. The first-order chi connectivity index (χ1) is 13.2. The number of nitrogens with zero attached hydrogens (tertiary/aromatic N) is 3. The van der Waals surface area contributed by atoms with Crippen molar-refractivity contribution >= 4 is 23.4 Å². The molecule has 8 nitrogen and oxygen atoms in total. The monoisotopic (exact) mass is 384 g/mol. The van der Waals surface area contributed by atoms with Crippen molar-refractivity contribution in [1.29, 1.82) is 0 Å². The lowest BCUT2D eigenvalue weighted by Gasteiger charge is -2.19. The van der Waals surface area contributed by atoms with Crippen molar-refractivity contribution in [3.8, 4) is 23.0 Å². The maximum Gasteiger partial charge on any atom is 0.277 e. The van der Waals surface area contributed by atoms with Crippen molar-refractivity contribution in [3.05, 3.63) is 42.7 Å². The van der Waals surface area contributed by atoms with Crippen LogP contribution >= 0.6 is 11.8 Å². The van der Waals surface area contributed by atoms with E-state index in [1.807, 2.05) is 0 Å². The van der Waals surface area contributed by atoms with Gasteiger partial charge in [-0.15, -0.1) is 10.2 Å². The average Bonchev–Trinajstić information content (AvgIpc) is 3.17. The van der Waals surface area contributed by atoms with E-state index in [-0.39, 0.29) is 5.91 Å². The summed E-state index contributed by atoms with van der Waals surface area (Å²) < 4.78 is 16.6. The lowest BCUT2D eigenvalue weighted by Crippen LogP contribution is -2.22. The molecule has 0 saturated heterocycles. The molecule has 0 saturated carbocycles. The van der Waals surface area contributed by atoms with E-state index in [0.29, 0.717) is 41.5 Å². The van der Waals surface area contributed by atoms with Gasteiger partial charge in [-0.25, -0.2) is 0 Å². The summed E-state index contributed by atoms with van der Waals surface area (Å²) in [6, 6.07) is 8.86. The number of thioether (sulfide) groups is 1. The Hall–Kier alpha value is -3.07. The number of aromatic nitrogens is 3. The summed E-state index contributed by atoms with van der Waals surface area (Å²) in [7, 11) is 0. The van der Waals surface area contributed by atoms with Crippen LogP contribution < -0.4 is 14.8 Å². The van der Waals surface area contributed by atoms with E-state index in [1.165, 1.54) is 11.8 Å². The summed E-state index contributed by atoms with van der Waals surface area (Å²) in [5.74, 6) is 1.51. The Morgan fingerprint density at radius 2 is 1.89 bits per heavy atom. The third-order valence-electron chi connectivity index (χ3n) is 3.79. The van der Waals surface area contributed by atoms with Gasteiger partial charge in [0, 0.05) is 29.7 Å². The zero-order valence-electron chi connectivity index (χ0n) is 14.4. The van der Waals surface area contributed by atoms with Gasteiger partial charge in [-0.2, -0.15) is 0 Å². The number of nitrogens with one attached hydrogen (secondary N) is 1. The van der Waals surface area contributed by atoms with Crippen LogP contribution in [0.15, 0.2) is 52.4 Å². The van der Waals surface area contributed by atoms with Gasteiger partial charge >= 0.3 is 0 Å². The molecule has 4 rings (SSSR count). The number of fused-ring (bicyclic) bond motifs is 1. The Morgan fingerprint density at radius 1 is 1.11 bits per heavy atom. The number of benzene rings is 1. The van der Waals surface area contributed by atoms with Gasteiger partial charge in [-0.3, -0.25) is 9.78 Å². The molecule has 1 aromatic carbocycles. The van der Waals surface area contributed by atoms with Gasteiger partial charge in [0.05, 0.1) is 5.25 Å². The predicted molar refractivity (Wildman–Crippen MR) is 98.9 cm³/mol. The number of anilines is 1. The molecule has 0 bridgehead atoms. The third kappa shape index (κ3) is 4.03. The highest BCUT2D eigenvalue weighted by Gasteiger charge is 2.20. The first-order valence-corrected chi connectivity index (χ1v) is 9.18. The molecule has 1 aliphatic rings. The van der Waals surface area contributed by atoms with Crippen LogP contribution in [-0.2, 0) is 4.79 Å². The van der Waals surface area contributed by atoms with Gasteiger partial charge in [0.2, 0.25) is 11.8 Å². The number of rotatable bonds is 5. The number of hydrogen-bond acceptors (Lipinski definition) is 8. The smallest absolute Gasteiger partial charge is 0.277 e. The number of hydrogen-bond donors (Lipinski definition) is 1. The van der Waals surface area contributed by atoms with Crippen LogP contribution in [0.2, 0.25) is 0 Å². The van der Waals surface area contributed by atoms with Crippen LogP contribution in [0, 0.1) is 0 Å². The molecule has 1 amide bonds. The molecule has 9 heteroatoms. The van der Waals surface area contributed by atoms with Crippen LogP contribution in [0.5, 0.6) is 11.5 Å². The molecule has 0 fully saturated rings. The van der Waals surface area contributed by atoms with E-state index in [4.69, 9.17) is 13.9 Å². The summed E-state index contributed by atoms with van der Waals surface area (Å²) in [6.07, 6.45) is 3.30. The maximum absolute atomic E-state index is 12.5. The second-order valence-electron chi connectivity index (χ2n) is 5.72. The van der Waals surface area contributed by atoms with Crippen molar-refractivity contribution in [3.63, 3.8) is 0 Å². The summed E-state index contributed by atoms with van der Waals surface area (Å²) >= 11 is 1.19. The molecule has 0 spiro atoms. The summed E-state index contributed by atoms with van der Waals surface area (Å²) in [5, 5.41) is 10.7. The van der Waals surface area contributed by atoms with Crippen LogP contribution in [0.3, 0.4) is 0 Å². The fourth-order valence-corrected chi connectivity index (χ4v) is 3.12. The Bertz CT molecular complexity index is 948. The Balaban J connectivity index is 1.39. The normalized spacial score (nSPS) is 13.8. The fraction of sp³-hybridized carbons (Fsp3) is 0.222. The maximum atomic E-state index is 12.5. The molecule has 27 heavy (non-hydrogen) atoms. The molecule has 138 valence electrons. The van der Waals surface area contributed by atoms with Crippen LogP contribution in [0.1, 0.15) is 6.92 Å². The molecule has 0 unspecified atom stereocenters. The zero-order chi connectivity index (χ0) is 18.6. The minimum atomic E-state index is -0.427. The van der Waals surface area contributed by atoms with Gasteiger partial charge in [0.15, 0.2) is 11.5 Å². The first kappa shape index (κ1) is 17.3. The number of ether oxygens (including phenoxy) is 2. The third-order valence-corrected chi connectivity index (χ3v) is 4.72. The first-order valence-electron chi connectivity index (χ1n) is 8.30.